The summed E-state index contributed by atoms with van der Waals surface area (Å²) >= 11 is 0. The number of rotatable bonds is 6. The average Bonchev–Trinajstić information content (AvgIpc) is 3.62. The summed E-state index contributed by atoms with van der Waals surface area (Å²) in [6, 6.07) is 11.6. The average molecular weight is 568 g/mol. The highest BCUT2D eigenvalue weighted by molar-refractivity contribution is 5.91. The van der Waals surface area contributed by atoms with Crippen LogP contribution in [-0.4, -0.2) is 61.6 Å². The van der Waals surface area contributed by atoms with Crippen LogP contribution >= 0.6 is 0 Å². The van der Waals surface area contributed by atoms with E-state index < -0.39 is 35.5 Å². The zero-order valence-electron chi connectivity index (χ0n) is 22.5. The maximum Gasteiger partial charge on any atom is 0.320 e. The quantitative estimate of drug-likeness (QED) is 0.312. The topological polar surface area (TPSA) is 80.0 Å². The number of aryl methyl sites for hydroxylation is 1. The molecule has 2 N–H and O–H groups in total. The van der Waals surface area contributed by atoms with Crippen molar-refractivity contribution >= 4 is 11.8 Å². The molecule has 1 aliphatic heterocycles. The number of hydrogen-bond acceptors (Lipinski definition) is 4. The number of amides is 2. The van der Waals surface area contributed by atoms with Gasteiger partial charge in [0.1, 0.15) is 11.5 Å². The molecule has 4 aromatic rings. The molecule has 2 aromatic carbocycles. The van der Waals surface area contributed by atoms with Gasteiger partial charge in [-0.3, -0.25) is 14.9 Å². The highest BCUT2D eigenvalue weighted by Crippen LogP contribution is 2.43. The molecule has 3 heterocycles. The van der Waals surface area contributed by atoms with Gasteiger partial charge in [0.2, 0.25) is 0 Å². The number of benzene rings is 2. The minimum absolute atomic E-state index is 0.261. The summed E-state index contributed by atoms with van der Waals surface area (Å²) in [5, 5.41) is 14.9. The molecule has 0 unspecified atom stereocenters. The number of nitrogens with zero attached hydrogens (tertiary/aromatic N) is 5. The molecule has 2 aliphatic rings. The molecule has 2 amide bonds. The number of alkyl halides is 2. The van der Waals surface area contributed by atoms with Crippen LogP contribution in [0.2, 0.25) is 0 Å². The van der Waals surface area contributed by atoms with Crippen LogP contribution in [0.5, 0.6) is 0 Å². The van der Waals surface area contributed by atoms with Crippen LogP contribution in [0.25, 0.3) is 16.9 Å². The third kappa shape index (κ3) is 5.31. The lowest BCUT2D eigenvalue weighted by Crippen LogP contribution is -2.51. The summed E-state index contributed by atoms with van der Waals surface area (Å²) < 4.78 is 58.4. The largest absolute Gasteiger partial charge is 0.333 e. The van der Waals surface area contributed by atoms with Gasteiger partial charge in [0, 0.05) is 62.3 Å². The van der Waals surface area contributed by atoms with E-state index >= 15 is 0 Å². The van der Waals surface area contributed by atoms with E-state index in [-0.39, 0.29) is 18.9 Å². The third-order valence-electron chi connectivity index (χ3n) is 7.95. The number of para-hydroxylation sites is 1. The first-order valence-electron chi connectivity index (χ1n) is 13.4. The van der Waals surface area contributed by atoms with Gasteiger partial charge in [-0.25, -0.2) is 27.0 Å². The predicted octanol–water partition coefficient (Wildman–Crippen LogP) is 5.25. The summed E-state index contributed by atoms with van der Waals surface area (Å²) in [4.78, 5) is 15.4. The van der Waals surface area contributed by atoms with Crippen LogP contribution in [0.1, 0.15) is 29.9 Å². The van der Waals surface area contributed by atoms with Gasteiger partial charge in [-0.05, 0) is 36.8 Å². The zero-order valence-corrected chi connectivity index (χ0v) is 22.5. The van der Waals surface area contributed by atoms with E-state index in [2.05, 4.69) is 15.7 Å². The fourth-order valence-corrected chi connectivity index (χ4v) is 5.78. The number of carbonyl (C=O) groups excluding carboxylic acids is 1. The van der Waals surface area contributed by atoms with Crippen LogP contribution < -0.4 is 10.6 Å². The first-order valence-corrected chi connectivity index (χ1v) is 13.4. The fourth-order valence-electron chi connectivity index (χ4n) is 5.78. The minimum atomic E-state index is -2.70. The molecular weight excluding hydrogens is 538 g/mol. The number of nitrogens with one attached hydrogen (secondary N) is 2. The zero-order chi connectivity index (χ0) is 28.9. The first-order chi connectivity index (χ1) is 19.6. The van der Waals surface area contributed by atoms with Crippen LogP contribution in [0.4, 0.5) is 28.2 Å². The van der Waals surface area contributed by atoms with Gasteiger partial charge in [-0.1, -0.05) is 24.3 Å². The van der Waals surface area contributed by atoms with Gasteiger partial charge < -0.3 is 5.32 Å². The molecule has 1 saturated heterocycles. The second-order valence-electron chi connectivity index (χ2n) is 10.8. The summed E-state index contributed by atoms with van der Waals surface area (Å²) in [6.45, 7) is 2.49. The Morgan fingerprint density at radius 2 is 1.80 bits per heavy atom. The van der Waals surface area contributed by atoms with Crippen molar-refractivity contribution in [1.82, 2.24) is 29.8 Å². The summed E-state index contributed by atoms with van der Waals surface area (Å²) in [5.41, 5.74) is 3.38. The van der Waals surface area contributed by atoms with Gasteiger partial charge in [-0.2, -0.15) is 10.2 Å². The van der Waals surface area contributed by atoms with Crippen molar-refractivity contribution in [2.24, 2.45) is 7.05 Å². The number of urea groups is 1. The highest BCUT2D eigenvalue weighted by atomic mass is 19.3. The van der Waals surface area contributed by atoms with E-state index in [4.69, 9.17) is 5.10 Å². The Morgan fingerprint density at radius 1 is 1.05 bits per heavy atom. The second kappa shape index (κ2) is 10.3. The summed E-state index contributed by atoms with van der Waals surface area (Å²) in [7, 11) is 1.80. The Kier molecular flexibility index (Phi) is 6.80. The van der Waals surface area contributed by atoms with Crippen molar-refractivity contribution in [1.29, 1.82) is 0 Å². The Balaban J connectivity index is 1.27. The molecular formula is C29H29F4N7O. The molecule has 2 aromatic heterocycles. The minimum Gasteiger partial charge on any atom is -0.333 e. The van der Waals surface area contributed by atoms with Crippen LogP contribution in [0, 0.1) is 18.6 Å². The molecule has 0 radical (unpaired) electrons. The van der Waals surface area contributed by atoms with Crippen LogP contribution in [0.15, 0.2) is 60.9 Å². The van der Waals surface area contributed by atoms with E-state index in [1.807, 2.05) is 48.4 Å². The van der Waals surface area contributed by atoms with Gasteiger partial charge >= 0.3 is 6.03 Å². The lowest BCUT2D eigenvalue weighted by atomic mass is 9.87. The van der Waals surface area contributed by atoms with E-state index in [9.17, 15) is 22.4 Å². The summed E-state index contributed by atoms with van der Waals surface area (Å²) in [6.07, 6.45) is 3.00. The Labute approximate surface area is 234 Å². The lowest BCUT2D eigenvalue weighted by molar-refractivity contribution is -0.120. The maximum absolute atomic E-state index is 14.1. The Bertz CT molecular complexity index is 1580. The third-order valence-corrected chi connectivity index (χ3v) is 7.95. The molecule has 12 heteroatoms. The van der Waals surface area contributed by atoms with Crippen molar-refractivity contribution in [2.75, 3.05) is 18.4 Å². The number of carbonyl (C=O) groups is 1. The Morgan fingerprint density at radius 3 is 2.46 bits per heavy atom. The fraction of sp³-hybridized carbons (Fsp3) is 0.345. The van der Waals surface area contributed by atoms with E-state index in [1.54, 1.807) is 22.6 Å². The lowest BCUT2D eigenvalue weighted by Gasteiger charge is -2.41. The van der Waals surface area contributed by atoms with Crippen molar-refractivity contribution in [3.63, 3.8) is 0 Å². The molecule has 0 bridgehead atoms. The van der Waals surface area contributed by atoms with E-state index in [0.717, 1.165) is 28.9 Å². The molecule has 6 rings (SSSR count). The molecule has 0 spiro atoms. The number of hydrogen-bond donors (Lipinski definition) is 2. The van der Waals surface area contributed by atoms with Crippen molar-refractivity contribution in [3.8, 4) is 16.9 Å². The molecule has 41 heavy (non-hydrogen) atoms. The molecule has 8 nitrogen and oxygen atoms in total. The van der Waals surface area contributed by atoms with E-state index in [1.165, 1.54) is 6.07 Å². The number of anilines is 1. The number of aromatic nitrogens is 4. The van der Waals surface area contributed by atoms with E-state index in [0.29, 0.717) is 30.2 Å². The highest BCUT2D eigenvalue weighted by Gasteiger charge is 2.50. The SMILES string of the molecule is Cc1c(-c2cnn(C)c2)nn(-c2ccccc2)c1NC(=O)N[C@@H]1CN(C2CC(F)(F)C2)C[C@H]1c1ccc(F)c(F)c1. The number of halogens is 4. The normalized spacial score (nSPS) is 20.6. The Hall–Kier alpha value is -4.19. The molecule has 1 aliphatic carbocycles. The monoisotopic (exact) mass is 567 g/mol. The van der Waals surface area contributed by atoms with Crippen LogP contribution in [-0.2, 0) is 7.05 Å². The van der Waals surface area contributed by atoms with Crippen molar-refractivity contribution in [3.05, 3.63) is 83.7 Å². The molecule has 1 saturated carbocycles. The molecule has 2 fully saturated rings. The van der Waals surface area contributed by atoms with Gasteiger partial charge in [-0.15, -0.1) is 0 Å². The van der Waals surface area contributed by atoms with Gasteiger partial charge in [0.05, 0.1) is 17.9 Å². The van der Waals surface area contributed by atoms with Crippen molar-refractivity contribution in [2.45, 2.75) is 43.7 Å². The van der Waals surface area contributed by atoms with Crippen molar-refractivity contribution < 1.29 is 22.4 Å². The smallest absolute Gasteiger partial charge is 0.320 e. The number of likely N-dealkylation sites (tertiary alicyclic amines) is 1. The van der Waals surface area contributed by atoms with Gasteiger partial charge in [0.15, 0.2) is 11.6 Å². The first kappa shape index (κ1) is 27.0. The molecule has 214 valence electrons. The van der Waals surface area contributed by atoms with Gasteiger partial charge in [0.25, 0.3) is 5.92 Å². The molecule has 2 atom stereocenters. The summed E-state index contributed by atoms with van der Waals surface area (Å²) in [5.74, 6) is -4.64. The second-order valence-corrected chi connectivity index (χ2v) is 10.8. The predicted molar refractivity (Wildman–Crippen MR) is 145 cm³/mol. The van der Waals surface area contributed by atoms with Crippen LogP contribution in [0.3, 0.4) is 0 Å². The maximum atomic E-state index is 14.1. The standard InChI is InChI=1S/C29H29F4N7O/c1-17-26(19-13-34-38(2)14-19)37-40(20-6-4-3-5-7-20)27(17)36-28(41)35-25-16-39(21-11-29(32,33)12-21)15-22(25)18-8-9-23(30)24(31)10-18/h3-10,13-14,21-22,25H,11-12,15-16H2,1-2H3,(H2,35,36,41)/t22-,25+/m0/s1.